The zero-order valence-electron chi connectivity index (χ0n) is 13.6. The van der Waals surface area contributed by atoms with E-state index in [2.05, 4.69) is 41.6 Å². The van der Waals surface area contributed by atoms with E-state index in [0.717, 1.165) is 41.6 Å². The van der Waals surface area contributed by atoms with Crippen molar-refractivity contribution in [1.82, 2.24) is 4.98 Å². The third kappa shape index (κ3) is 5.71. The van der Waals surface area contributed by atoms with Crippen LogP contribution in [0.4, 0.5) is 4.39 Å². The average molecular weight is 307 g/mol. The Morgan fingerprint density at radius 3 is 2.52 bits per heavy atom. The van der Waals surface area contributed by atoms with Gasteiger partial charge in [0.1, 0.15) is 0 Å². The van der Waals surface area contributed by atoms with Crippen molar-refractivity contribution in [1.29, 1.82) is 0 Å². The molecule has 2 rings (SSSR count). The second kappa shape index (κ2) is 8.90. The molecule has 1 aromatic heterocycles. The molecular weight excluding hydrogens is 285 g/mol. The molecule has 23 heavy (non-hydrogen) atoms. The van der Waals surface area contributed by atoms with Crippen LogP contribution in [0.5, 0.6) is 0 Å². The van der Waals surface area contributed by atoms with E-state index in [9.17, 15) is 4.39 Å². The first-order chi connectivity index (χ1) is 11.2. The number of rotatable bonds is 6. The summed E-state index contributed by atoms with van der Waals surface area (Å²) in [6, 6.07) is 12.2. The molecule has 0 aliphatic carbocycles. The molecule has 0 spiro atoms. The molecule has 0 fully saturated rings. The van der Waals surface area contributed by atoms with Gasteiger partial charge in [0.15, 0.2) is 0 Å². The highest BCUT2D eigenvalue weighted by molar-refractivity contribution is 5.63. The molecular formula is C21H22FN. The van der Waals surface area contributed by atoms with Crippen molar-refractivity contribution < 1.29 is 4.39 Å². The van der Waals surface area contributed by atoms with Crippen LogP contribution in [-0.4, -0.2) is 11.2 Å². The van der Waals surface area contributed by atoms with Crippen molar-refractivity contribution in [2.75, 3.05) is 0 Å². The smallest absolute Gasteiger partial charge is 0.0973 e. The first kappa shape index (κ1) is 17.0. The summed E-state index contributed by atoms with van der Waals surface area (Å²) >= 11 is 0. The fraction of sp³-hybridized carbons (Fsp3) is 0.286. The lowest BCUT2D eigenvalue weighted by atomic mass is 10.0. The Kier molecular flexibility index (Phi) is 6.56. The topological polar surface area (TPSA) is 12.9 Å². The molecule has 118 valence electrons. The van der Waals surface area contributed by atoms with E-state index in [1.165, 1.54) is 0 Å². The van der Waals surface area contributed by atoms with Gasteiger partial charge in [-0.15, -0.1) is 6.58 Å². The van der Waals surface area contributed by atoms with Gasteiger partial charge in [0.05, 0.1) is 6.17 Å². The molecule has 0 saturated carbocycles. The van der Waals surface area contributed by atoms with Crippen molar-refractivity contribution in [2.24, 2.45) is 0 Å². The van der Waals surface area contributed by atoms with Crippen molar-refractivity contribution in [3.05, 3.63) is 66.5 Å². The number of hydrogen-bond acceptors (Lipinski definition) is 1. The third-order valence-corrected chi connectivity index (χ3v) is 3.53. The summed E-state index contributed by atoms with van der Waals surface area (Å²) in [5.41, 5.74) is 4.22. The second-order valence-electron chi connectivity index (χ2n) is 5.58. The Bertz CT molecular complexity index is 673. The molecule has 1 aromatic carbocycles. The molecule has 0 bridgehead atoms. The van der Waals surface area contributed by atoms with E-state index in [-0.39, 0.29) is 0 Å². The fourth-order valence-electron chi connectivity index (χ4n) is 2.25. The molecule has 1 nitrogen and oxygen atoms in total. The van der Waals surface area contributed by atoms with Crippen molar-refractivity contribution in [3.8, 4) is 23.0 Å². The predicted octanol–water partition coefficient (Wildman–Crippen LogP) is 5.36. The molecule has 0 saturated heterocycles. The van der Waals surface area contributed by atoms with Crippen LogP contribution in [0.1, 0.15) is 37.4 Å². The number of unbranched alkanes of at least 4 members (excludes halogenated alkanes) is 1. The van der Waals surface area contributed by atoms with Crippen molar-refractivity contribution >= 4 is 0 Å². The number of aromatic nitrogens is 1. The number of allylic oxidation sites excluding steroid dienone is 1. The first-order valence-corrected chi connectivity index (χ1v) is 7.98. The van der Waals surface area contributed by atoms with Gasteiger partial charge in [-0.25, -0.2) is 4.39 Å². The van der Waals surface area contributed by atoms with Gasteiger partial charge in [0, 0.05) is 35.9 Å². The molecule has 0 N–H and O–H groups in total. The van der Waals surface area contributed by atoms with Crippen LogP contribution in [0.3, 0.4) is 0 Å². The minimum atomic E-state index is -0.734. The molecule has 0 aliphatic heterocycles. The molecule has 2 aromatic rings. The van der Waals surface area contributed by atoms with Crippen LogP contribution in [0.15, 0.2) is 55.3 Å². The van der Waals surface area contributed by atoms with Crippen LogP contribution < -0.4 is 0 Å². The predicted molar refractivity (Wildman–Crippen MR) is 94.9 cm³/mol. The molecule has 1 heterocycles. The summed E-state index contributed by atoms with van der Waals surface area (Å²) in [6.07, 6.45) is 5.93. The van der Waals surface area contributed by atoms with Gasteiger partial charge in [-0.3, -0.25) is 4.98 Å². The number of nitrogens with zero attached hydrogens (tertiary/aromatic N) is 1. The second-order valence-corrected chi connectivity index (χ2v) is 5.58. The molecule has 1 atom stereocenters. The fourth-order valence-corrected chi connectivity index (χ4v) is 2.25. The molecule has 0 radical (unpaired) electrons. The Labute approximate surface area is 138 Å². The van der Waals surface area contributed by atoms with Crippen LogP contribution in [0.25, 0.3) is 11.1 Å². The summed E-state index contributed by atoms with van der Waals surface area (Å²) in [5, 5.41) is 0. The standard InChI is InChI=1S/C21H22FN/c1-3-7-21-15-14-20(16-23-21)19-12-10-18(11-13-19)9-6-4-5-8-17(2)22/h3,10-17H,1,4-5,7-8H2,2H3. The monoisotopic (exact) mass is 307 g/mol. The number of halogens is 1. The minimum absolute atomic E-state index is 0.586. The number of hydrogen-bond donors (Lipinski definition) is 0. The SMILES string of the molecule is C=CCc1ccc(-c2ccc(C#CCCCC(C)F)cc2)cn1. The maximum atomic E-state index is 12.7. The van der Waals surface area contributed by atoms with Crippen LogP contribution in [0, 0.1) is 11.8 Å². The molecule has 0 aliphatic rings. The van der Waals surface area contributed by atoms with E-state index >= 15 is 0 Å². The lowest BCUT2D eigenvalue weighted by molar-refractivity contribution is 0.336. The summed E-state index contributed by atoms with van der Waals surface area (Å²) in [5.74, 6) is 6.22. The maximum absolute atomic E-state index is 12.7. The van der Waals surface area contributed by atoms with E-state index < -0.39 is 6.17 Å². The Morgan fingerprint density at radius 2 is 1.91 bits per heavy atom. The summed E-state index contributed by atoms with van der Waals surface area (Å²) < 4.78 is 12.7. The normalized spacial score (nSPS) is 11.4. The summed E-state index contributed by atoms with van der Waals surface area (Å²) in [7, 11) is 0. The summed E-state index contributed by atoms with van der Waals surface area (Å²) in [4.78, 5) is 4.42. The first-order valence-electron chi connectivity index (χ1n) is 7.98. The van der Waals surface area contributed by atoms with Crippen molar-refractivity contribution in [3.63, 3.8) is 0 Å². The van der Waals surface area contributed by atoms with Gasteiger partial charge in [0.25, 0.3) is 0 Å². The van der Waals surface area contributed by atoms with Gasteiger partial charge in [-0.2, -0.15) is 0 Å². The van der Waals surface area contributed by atoms with E-state index in [1.807, 2.05) is 30.5 Å². The van der Waals surface area contributed by atoms with Gasteiger partial charge >= 0.3 is 0 Å². The quantitative estimate of drug-likeness (QED) is 0.398. The van der Waals surface area contributed by atoms with Gasteiger partial charge in [-0.1, -0.05) is 36.1 Å². The zero-order valence-corrected chi connectivity index (χ0v) is 13.6. The molecule has 0 amide bonds. The molecule has 2 heteroatoms. The lowest BCUT2D eigenvalue weighted by Crippen LogP contribution is -1.90. The van der Waals surface area contributed by atoms with E-state index in [1.54, 1.807) is 6.92 Å². The highest BCUT2D eigenvalue weighted by Crippen LogP contribution is 2.19. The van der Waals surface area contributed by atoms with Crippen molar-refractivity contribution in [2.45, 2.75) is 38.8 Å². The third-order valence-electron chi connectivity index (χ3n) is 3.53. The Balaban J connectivity index is 1.96. The molecule has 1 unspecified atom stereocenters. The van der Waals surface area contributed by atoms with E-state index in [4.69, 9.17) is 0 Å². The largest absolute Gasteiger partial charge is 0.260 e. The number of benzene rings is 1. The average Bonchev–Trinajstić information content (AvgIpc) is 2.56. The highest BCUT2D eigenvalue weighted by Gasteiger charge is 1.99. The van der Waals surface area contributed by atoms with Gasteiger partial charge in [-0.05, 0) is 43.5 Å². The number of alkyl halides is 1. The number of pyridine rings is 1. The summed E-state index contributed by atoms with van der Waals surface area (Å²) in [6.45, 7) is 5.31. The highest BCUT2D eigenvalue weighted by atomic mass is 19.1. The maximum Gasteiger partial charge on any atom is 0.0973 e. The van der Waals surface area contributed by atoms with Gasteiger partial charge < -0.3 is 0 Å². The minimum Gasteiger partial charge on any atom is -0.260 e. The van der Waals surface area contributed by atoms with Gasteiger partial charge in [0.2, 0.25) is 0 Å². The zero-order chi connectivity index (χ0) is 16.5. The van der Waals surface area contributed by atoms with E-state index in [0.29, 0.717) is 6.42 Å². The van der Waals surface area contributed by atoms with Crippen LogP contribution in [-0.2, 0) is 6.42 Å². The van der Waals surface area contributed by atoms with Crippen LogP contribution >= 0.6 is 0 Å². The Morgan fingerprint density at radius 1 is 1.17 bits per heavy atom. The lowest BCUT2D eigenvalue weighted by Gasteiger charge is -2.03. The Hall–Kier alpha value is -2.40. The van der Waals surface area contributed by atoms with Crippen LogP contribution in [0.2, 0.25) is 0 Å².